The van der Waals surface area contributed by atoms with Crippen LogP contribution in [0.5, 0.6) is 11.5 Å². The summed E-state index contributed by atoms with van der Waals surface area (Å²) < 4.78 is 0. The lowest BCUT2D eigenvalue weighted by Crippen LogP contribution is -1.95. The van der Waals surface area contributed by atoms with Gasteiger partial charge in [0.1, 0.15) is 11.5 Å². The first-order valence-corrected chi connectivity index (χ1v) is 6.26. The average molecular weight is 238 g/mol. The molecule has 0 bridgehead atoms. The largest absolute Gasteiger partial charge is 0.508 e. The highest BCUT2D eigenvalue weighted by atomic mass is 32.2. The summed E-state index contributed by atoms with van der Waals surface area (Å²) in [5.41, 5.74) is 1.52. The number of rotatable bonds is 4. The van der Waals surface area contributed by atoms with Crippen molar-refractivity contribution in [1.82, 2.24) is 0 Å². The van der Waals surface area contributed by atoms with Crippen molar-refractivity contribution in [1.29, 1.82) is 0 Å². The van der Waals surface area contributed by atoms with Crippen LogP contribution in [0.2, 0.25) is 0 Å². The second kappa shape index (κ2) is 5.30. The minimum absolute atomic E-state index is 0.179. The summed E-state index contributed by atoms with van der Waals surface area (Å²) in [6.45, 7) is 9.45. The summed E-state index contributed by atoms with van der Waals surface area (Å²) >= 11 is 1.50. The van der Waals surface area contributed by atoms with Gasteiger partial charge in [-0.2, -0.15) is 0 Å². The maximum absolute atomic E-state index is 10.0. The van der Waals surface area contributed by atoms with Crippen molar-refractivity contribution in [3.8, 4) is 11.5 Å². The zero-order chi connectivity index (χ0) is 12.3. The zero-order valence-electron chi connectivity index (χ0n) is 9.95. The van der Waals surface area contributed by atoms with Crippen LogP contribution in [0.15, 0.2) is 23.6 Å². The molecule has 0 aromatic heterocycles. The molecular weight excluding hydrogens is 220 g/mol. The third-order valence-electron chi connectivity index (χ3n) is 2.39. The molecule has 88 valence electrons. The molecule has 0 atom stereocenters. The maximum atomic E-state index is 10.0. The Morgan fingerprint density at radius 1 is 1.44 bits per heavy atom. The molecule has 0 radical (unpaired) electrons. The lowest BCUT2D eigenvalue weighted by Gasteiger charge is -2.17. The minimum atomic E-state index is 0.179. The second-order valence-electron chi connectivity index (χ2n) is 4.06. The molecule has 0 saturated carbocycles. The smallest absolute Gasteiger partial charge is 0.132 e. The third-order valence-corrected chi connectivity index (χ3v) is 3.49. The zero-order valence-corrected chi connectivity index (χ0v) is 10.8. The molecule has 2 N–H and O–H groups in total. The monoisotopic (exact) mass is 238 g/mol. The van der Waals surface area contributed by atoms with Crippen LogP contribution in [-0.2, 0) is 0 Å². The Bertz CT molecular complexity index is 397. The molecule has 0 heterocycles. The Morgan fingerprint density at radius 3 is 2.56 bits per heavy atom. The summed E-state index contributed by atoms with van der Waals surface area (Å²) in [4.78, 5) is 0.771. The van der Waals surface area contributed by atoms with Gasteiger partial charge in [0, 0.05) is 11.3 Å². The molecule has 2 nitrogen and oxygen atoms in total. The second-order valence-corrected chi connectivity index (χ2v) is 5.09. The number of hydrogen-bond donors (Lipinski definition) is 2. The maximum Gasteiger partial charge on any atom is 0.132 e. The highest BCUT2D eigenvalue weighted by Crippen LogP contribution is 2.43. The molecular formula is C13H18O2S. The molecule has 3 heteroatoms. The van der Waals surface area contributed by atoms with Gasteiger partial charge in [-0.1, -0.05) is 19.9 Å². The van der Waals surface area contributed by atoms with Gasteiger partial charge in [-0.3, -0.25) is 0 Å². The van der Waals surface area contributed by atoms with E-state index in [1.54, 1.807) is 19.1 Å². The molecule has 1 rings (SSSR count). The SMILES string of the molecule is C=CCSc1c(O)c(C)cc(O)c1C(C)C. The minimum Gasteiger partial charge on any atom is -0.508 e. The van der Waals surface area contributed by atoms with Crippen molar-refractivity contribution in [2.24, 2.45) is 0 Å². The molecule has 0 unspecified atom stereocenters. The first-order valence-electron chi connectivity index (χ1n) is 5.28. The molecule has 0 amide bonds. The van der Waals surface area contributed by atoms with Crippen LogP contribution >= 0.6 is 11.8 Å². The number of hydrogen-bond acceptors (Lipinski definition) is 3. The van der Waals surface area contributed by atoms with Gasteiger partial charge >= 0.3 is 0 Å². The van der Waals surface area contributed by atoms with Crippen molar-refractivity contribution < 1.29 is 10.2 Å². The van der Waals surface area contributed by atoms with E-state index in [0.717, 1.165) is 16.2 Å². The van der Waals surface area contributed by atoms with E-state index in [2.05, 4.69) is 6.58 Å². The number of phenols is 2. The Morgan fingerprint density at radius 2 is 2.06 bits per heavy atom. The van der Waals surface area contributed by atoms with Gasteiger partial charge < -0.3 is 10.2 Å². The first kappa shape index (κ1) is 13.0. The molecule has 1 aromatic rings. The quantitative estimate of drug-likeness (QED) is 0.476. The summed E-state index contributed by atoms with van der Waals surface area (Å²) in [5, 5.41) is 19.9. The summed E-state index contributed by atoms with van der Waals surface area (Å²) in [6, 6.07) is 1.61. The summed E-state index contributed by atoms with van der Waals surface area (Å²) in [6.07, 6.45) is 1.79. The normalized spacial score (nSPS) is 10.8. The van der Waals surface area contributed by atoms with Crippen molar-refractivity contribution >= 4 is 11.8 Å². The predicted octanol–water partition coefficient (Wildman–Crippen LogP) is 3.81. The van der Waals surface area contributed by atoms with Gasteiger partial charge in [0.2, 0.25) is 0 Å². The molecule has 0 aliphatic carbocycles. The Hall–Kier alpha value is -1.09. The van der Waals surface area contributed by atoms with E-state index in [1.807, 2.05) is 13.8 Å². The number of thioether (sulfide) groups is 1. The van der Waals surface area contributed by atoms with Gasteiger partial charge in [-0.05, 0) is 24.5 Å². The van der Waals surface area contributed by atoms with Gasteiger partial charge in [0.15, 0.2) is 0 Å². The summed E-state index contributed by atoms with van der Waals surface area (Å²) in [7, 11) is 0. The molecule has 1 aromatic carbocycles. The highest BCUT2D eigenvalue weighted by Gasteiger charge is 2.18. The van der Waals surface area contributed by atoms with Gasteiger partial charge in [0.05, 0.1) is 4.90 Å². The number of phenolic OH excluding ortho intramolecular Hbond substituents is 2. The van der Waals surface area contributed by atoms with Crippen LogP contribution < -0.4 is 0 Å². The van der Waals surface area contributed by atoms with E-state index in [9.17, 15) is 10.2 Å². The van der Waals surface area contributed by atoms with Gasteiger partial charge in [0.25, 0.3) is 0 Å². The fourth-order valence-electron chi connectivity index (χ4n) is 1.62. The Balaban J connectivity index is 3.32. The van der Waals surface area contributed by atoms with E-state index < -0.39 is 0 Å². The van der Waals surface area contributed by atoms with E-state index in [4.69, 9.17) is 0 Å². The predicted molar refractivity (Wildman–Crippen MR) is 69.5 cm³/mol. The molecule has 0 saturated heterocycles. The first-order chi connectivity index (χ1) is 7.49. The Labute approximate surface area is 101 Å². The fourth-order valence-corrected chi connectivity index (χ4v) is 2.70. The number of aromatic hydroxyl groups is 2. The third kappa shape index (κ3) is 2.53. The molecule has 16 heavy (non-hydrogen) atoms. The average Bonchev–Trinajstić information content (AvgIpc) is 2.20. The van der Waals surface area contributed by atoms with Crippen LogP contribution in [0.4, 0.5) is 0 Å². The lowest BCUT2D eigenvalue weighted by atomic mass is 9.99. The number of aryl methyl sites for hydroxylation is 1. The van der Waals surface area contributed by atoms with Gasteiger partial charge in [-0.15, -0.1) is 18.3 Å². The van der Waals surface area contributed by atoms with Crippen molar-refractivity contribution in [2.75, 3.05) is 5.75 Å². The van der Waals surface area contributed by atoms with E-state index in [-0.39, 0.29) is 17.4 Å². The fraction of sp³-hybridized carbons (Fsp3) is 0.385. The highest BCUT2D eigenvalue weighted by molar-refractivity contribution is 7.99. The van der Waals surface area contributed by atoms with Crippen LogP contribution in [-0.4, -0.2) is 16.0 Å². The molecule has 0 aliphatic rings. The van der Waals surface area contributed by atoms with E-state index in [1.165, 1.54) is 11.8 Å². The van der Waals surface area contributed by atoms with Crippen LogP contribution in [0.1, 0.15) is 30.9 Å². The van der Waals surface area contributed by atoms with Crippen LogP contribution in [0.3, 0.4) is 0 Å². The molecule has 0 spiro atoms. The van der Waals surface area contributed by atoms with Gasteiger partial charge in [-0.25, -0.2) is 0 Å². The summed E-state index contributed by atoms with van der Waals surface area (Å²) in [5.74, 6) is 1.43. The topological polar surface area (TPSA) is 40.5 Å². The van der Waals surface area contributed by atoms with Crippen LogP contribution in [0.25, 0.3) is 0 Å². The van der Waals surface area contributed by atoms with Crippen molar-refractivity contribution in [2.45, 2.75) is 31.6 Å². The van der Waals surface area contributed by atoms with Crippen LogP contribution in [0, 0.1) is 6.92 Å². The molecule has 0 aliphatic heterocycles. The van der Waals surface area contributed by atoms with Crippen molar-refractivity contribution in [3.63, 3.8) is 0 Å². The van der Waals surface area contributed by atoms with Crippen molar-refractivity contribution in [3.05, 3.63) is 29.8 Å². The number of benzene rings is 1. The van der Waals surface area contributed by atoms with E-state index >= 15 is 0 Å². The lowest BCUT2D eigenvalue weighted by molar-refractivity contribution is 0.435. The standard InChI is InChI=1S/C13H18O2S/c1-5-6-16-13-11(8(2)3)10(14)7-9(4)12(13)15/h5,7-8,14-15H,1,6H2,2-4H3. The Kier molecular flexibility index (Phi) is 4.30. The van der Waals surface area contributed by atoms with E-state index in [0.29, 0.717) is 5.56 Å². The molecule has 0 fully saturated rings.